The Bertz CT molecular complexity index is 225. The van der Waals surface area contributed by atoms with Gasteiger partial charge in [-0.3, -0.25) is 4.79 Å². The summed E-state index contributed by atoms with van der Waals surface area (Å²) in [6, 6.07) is 0.439. The second-order valence-electron chi connectivity index (χ2n) is 4.86. The van der Waals surface area contributed by atoms with Crippen molar-refractivity contribution < 1.29 is 4.79 Å². The molecule has 1 amide bonds. The van der Waals surface area contributed by atoms with Crippen molar-refractivity contribution in [3.05, 3.63) is 0 Å². The summed E-state index contributed by atoms with van der Waals surface area (Å²) >= 11 is 0. The van der Waals surface area contributed by atoms with Gasteiger partial charge < -0.3 is 15.1 Å². The number of likely N-dealkylation sites (tertiary alicyclic amines) is 1. The van der Waals surface area contributed by atoms with Gasteiger partial charge in [-0.05, 0) is 32.4 Å². The van der Waals surface area contributed by atoms with Gasteiger partial charge in [0.25, 0.3) is 0 Å². The molecule has 1 saturated heterocycles. The normalized spacial score (nSPS) is 18.3. The van der Waals surface area contributed by atoms with E-state index in [4.69, 9.17) is 0 Å². The molecule has 1 N–H and O–H groups in total. The number of carbonyl (C=O) groups is 1. The minimum absolute atomic E-state index is 0.223. The summed E-state index contributed by atoms with van der Waals surface area (Å²) in [5.41, 5.74) is 0. The molecule has 4 heteroatoms. The second kappa shape index (κ2) is 7.67. The van der Waals surface area contributed by atoms with Gasteiger partial charge >= 0.3 is 0 Å². The molecule has 1 heterocycles. The van der Waals surface area contributed by atoms with Crippen LogP contribution in [0.2, 0.25) is 0 Å². The maximum Gasteiger partial charge on any atom is 0.236 e. The molecule has 1 aliphatic heterocycles. The fourth-order valence-electron chi connectivity index (χ4n) is 2.41. The van der Waals surface area contributed by atoms with Crippen LogP contribution < -0.4 is 5.32 Å². The molecule has 4 nitrogen and oxygen atoms in total. The lowest BCUT2D eigenvalue weighted by atomic mass is 10.0. The van der Waals surface area contributed by atoms with Gasteiger partial charge in [-0.15, -0.1) is 0 Å². The Morgan fingerprint density at radius 2 is 2.00 bits per heavy atom. The largest absolute Gasteiger partial charge is 0.342 e. The van der Waals surface area contributed by atoms with Crippen molar-refractivity contribution in [2.45, 2.75) is 39.2 Å². The maximum absolute atomic E-state index is 11.9. The molecule has 0 spiro atoms. The van der Waals surface area contributed by atoms with E-state index in [1.54, 1.807) is 0 Å². The third-order valence-corrected chi connectivity index (χ3v) is 3.56. The van der Waals surface area contributed by atoms with Crippen LogP contribution in [-0.4, -0.2) is 61.5 Å². The van der Waals surface area contributed by atoms with E-state index in [9.17, 15) is 4.79 Å². The lowest BCUT2D eigenvalue weighted by Gasteiger charge is -2.36. The molecule has 1 rings (SSSR count). The van der Waals surface area contributed by atoms with E-state index >= 15 is 0 Å². The molecular formula is C13H27N3O. The van der Waals surface area contributed by atoms with Crippen LogP contribution in [0.4, 0.5) is 0 Å². The number of carbonyl (C=O) groups excluding carboxylic acids is 1. The van der Waals surface area contributed by atoms with Crippen LogP contribution in [0, 0.1) is 0 Å². The van der Waals surface area contributed by atoms with Crippen LogP contribution in [0.15, 0.2) is 0 Å². The minimum Gasteiger partial charge on any atom is -0.342 e. The summed E-state index contributed by atoms with van der Waals surface area (Å²) in [7, 11) is 1.94. The maximum atomic E-state index is 11.9. The van der Waals surface area contributed by atoms with Gasteiger partial charge in [-0.1, -0.05) is 13.8 Å². The number of nitrogens with zero attached hydrogens (tertiary/aromatic N) is 2. The predicted octanol–water partition coefficient (Wildman–Crippen LogP) is 0.929. The van der Waals surface area contributed by atoms with Gasteiger partial charge in [0.1, 0.15) is 0 Å². The van der Waals surface area contributed by atoms with Crippen LogP contribution in [0.1, 0.15) is 33.1 Å². The van der Waals surface area contributed by atoms with Crippen molar-refractivity contribution in [2.75, 3.05) is 39.8 Å². The molecule has 1 aliphatic rings. The number of hydrogen-bond acceptors (Lipinski definition) is 3. The zero-order valence-corrected chi connectivity index (χ0v) is 11.5. The number of hydrogen-bond donors (Lipinski definition) is 1. The number of nitrogens with one attached hydrogen (secondary N) is 1. The number of rotatable bonds is 6. The van der Waals surface area contributed by atoms with Gasteiger partial charge in [-0.25, -0.2) is 0 Å². The molecule has 0 atom stereocenters. The second-order valence-corrected chi connectivity index (χ2v) is 4.86. The van der Waals surface area contributed by atoms with Crippen LogP contribution >= 0.6 is 0 Å². The van der Waals surface area contributed by atoms with Crippen molar-refractivity contribution in [3.63, 3.8) is 0 Å². The molecule has 0 radical (unpaired) electrons. The molecule has 100 valence electrons. The van der Waals surface area contributed by atoms with Crippen LogP contribution in [0.25, 0.3) is 0 Å². The smallest absolute Gasteiger partial charge is 0.236 e. The Hall–Kier alpha value is -0.610. The van der Waals surface area contributed by atoms with Crippen LogP contribution in [0.5, 0.6) is 0 Å². The Kier molecular flexibility index (Phi) is 6.52. The molecule has 17 heavy (non-hydrogen) atoms. The summed E-state index contributed by atoms with van der Waals surface area (Å²) in [4.78, 5) is 16.3. The standard InChI is InChI=1S/C13H27N3O/c1-4-8-16-9-6-12(7-10-16)15(3)13(17)11-14-5-2/h12,14H,4-11H2,1-3H3. The fraction of sp³-hybridized carbons (Fsp3) is 0.923. The van der Waals surface area contributed by atoms with Crippen molar-refractivity contribution in [1.29, 1.82) is 0 Å². The molecule has 0 saturated carbocycles. The van der Waals surface area contributed by atoms with E-state index in [1.807, 2.05) is 18.9 Å². The summed E-state index contributed by atoms with van der Waals surface area (Å²) in [6.07, 6.45) is 3.46. The van der Waals surface area contributed by atoms with Crippen molar-refractivity contribution >= 4 is 5.91 Å². The minimum atomic E-state index is 0.223. The number of amides is 1. The van der Waals surface area contributed by atoms with E-state index < -0.39 is 0 Å². The van der Waals surface area contributed by atoms with Gasteiger partial charge in [0.15, 0.2) is 0 Å². The number of likely N-dealkylation sites (N-methyl/N-ethyl adjacent to an activating group) is 2. The average Bonchev–Trinajstić information content (AvgIpc) is 2.36. The molecule has 0 bridgehead atoms. The summed E-state index contributed by atoms with van der Waals surface area (Å²) in [5, 5.41) is 3.10. The first-order chi connectivity index (χ1) is 8.19. The van der Waals surface area contributed by atoms with E-state index in [0.717, 1.165) is 32.5 Å². The van der Waals surface area contributed by atoms with Crippen LogP contribution in [-0.2, 0) is 4.79 Å². The molecule has 0 aliphatic carbocycles. The summed E-state index contributed by atoms with van der Waals surface area (Å²) in [5.74, 6) is 0.223. The highest BCUT2D eigenvalue weighted by Crippen LogP contribution is 2.15. The highest BCUT2D eigenvalue weighted by atomic mass is 16.2. The molecule has 1 fully saturated rings. The van der Waals surface area contributed by atoms with Crippen molar-refractivity contribution in [3.8, 4) is 0 Å². The summed E-state index contributed by atoms with van der Waals surface area (Å²) in [6.45, 7) is 9.04. The van der Waals surface area contributed by atoms with E-state index in [-0.39, 0.29) is 5.91 Å². The highest BCUT2D eigenvalue weighted by molar-refractivity contribution is 5.78. The van der Waals surface area contributed by atoms with E-state index in [2.05, 4.69) is 17.1 Å². The zero-order valence-electron chi connectivity index (χ0n) is 11.5. The fourth-order valence-corrected chi connectivity index (χ4v) is 2.41. The van der Waals surface area contributed by atoms with E-state index in [1.165, 1.54) is 13.0 Å². The molecule has 0 aromatic heterocycles. The van der Waals surface area contributed by atoms with E-state index in [0.29, 0.717) is 12.6 Å². The molecule has 0 aromatic carbocycles. The lowest BCUT2D eigenvalue weighted by Crippen LogP contribution is -2.47. The molecule has 0 aromatic rings. The highest BCUT2D eigenvalue weighted by Gasteiger charge is 2.24. The Morgan fingerprint density at radius 3 is 2.53 bits per heavy atom. The third kappa shape index (κ3) is 4.64. The predicted molar refractivity (Wildman–Crippen MR) is 71.1 cm³/mol. The first-order valence-electron chi connectivity index (χ1n) is 6.87. The van der Waals surface area contributed by atoms with Crippen LogP contribution in [0.3, 0.4) is 0 Å². The molecule has 0 unspecified atom stereocenters. The lowest BCUT2D eigenvalue weighted by molar-refractivity contribution is -0.131. The monoisotopic (exact) mass is 241 g/mol. The average molecular weight is 241 g/mol. The van der Waals surface area contributed by atoms with Gasteiger partial charge in [0, 0.05) is 26.2 Å². The SMILES string of the molecule is CCCN1CCC(N(C)C(=O)CNCC)CC1. The quantitative estimate of drug-likeness (QED) is 0.751. The Morgan fingerprint density at radius 1 is 1.35 bits per heavy atom. The first kappa shape index (κ1) is 14.5. The Balaban J connectivity index is 2.29. The first-order valence-corrected chi connectivity index (χ1v) is 6.87. The summed E-state index contributed by atoms with van der Waals surface area (Å²) < 4.78 is 0. The van der Waals surface area contributed by atoms with Crippen molar-refractivity contribution in [2.24, 2.45) is 0 Å². The van der Waals surface area contributed by atoms with Gasteiger partial charge in [0.2, 0.25) is 5.91 Å². The topological polar surface area (TPSA) is 35.6 Å². The number of piperidine rings is 1. The third-order valence-electron chi connectivity index (χ3n) is 3.56. The zero-order chi connectivity index (χ0) is 12.7. The Labute approximate surface area is 105 Å². The van der Waals surface area contributed by atoms with Gasteiger partial charge in [-0.2, -0.15) is 0 Å². The van der Waals surface area contributed by atoms with Gasteiger partial charge in [0.05, 0.1) is 6.54 Å². The van der Waals surface area contributed by atoms with Crippen molar-refractivity contribution in [1.82, 2.24) is 15.1 Å². The molecular weight excluding hydrogens is 214 g/mol.